The van der Waals surface area contributed by atoms with E-state index in [0.29, 0.717) is 17.5 Å². The van der Waals surface area contributed by atoms with Crippen LogP contribution in [0.1, 0.15) is 67.7 Å². The normalized spacial score (nSPS) is 12.9. The Bertz CT molecular complexity index is 1260. The summed E-state index contributed by atoms with van der Waals surface area (Å²) in [6.07, 6.45) is 4.33. The second-order valence-corrected chi connectivity index (χ2v) is 12.7. The number of hydrogen-bond acceptors (Lipinski definition) is 4. The second kappa shape index (κ2) is 11.2. The molecule has 2 rings (SSSR count). The molecule has 0 saturated carbocycles. The number of nitrogens with zero attached hydrogens (tertiary/aromatic N) is 2. The van der Waals surface area contributed by atoms with Gasteiger partial charge in [0.2, 0.25) is 0 Å². The minimum atomic E-state index is -4.34. The van der Waals surface area contributed by atoms with Crippen LogP contribution in [0.4, 0.5) is 0 Å². The molecule has 180 valence electrons. The lowest BCUT2D eigenvalue weighted by molar-refractivity contribution is -0.00318. The van der Waals surface area contributed by atoms with E-state index in [0.717, 1.165) is 36.8 Å². The smallest absolute Gasteiger partial charge is 0.360 e. The molecule has 0 aliphatic rings. The molecule has 6 nitrogen and oxygen atoms in total. The van der Waals surface area contributed by atoms with Crippen molar-refractivity contribution in [2.45, 2.75) is 88.2 Å². The molecule has 33 heavy (non-hydrogen) atoms. The lowest BCUT2D eigenvalue weighted by Gasteiger charge is -2.17. The molecule has 0 saturated heterocycles. The van der Waals surface area contributed by atoms with Crippen molar-refractivity contribution < 1.29 is 21.6 Å². The van der Waals surface area contributed by atoms with Gasteiger partial charge in [0.1, 0.15) is 0 Å². The van der Waals surface area contributed by atoms with Gasteiger partial charge in [0.25, 0.3) is 9.84 Å². The predicted octanol–water partition coefficient (Wildman–Crippen LogP) is 5.53. The fourth-order valence-electron chi connectivity index (χ4n) is 4.12. The van der Waals surface area contributed by atoms with Crippen molar-refractivity contribution in [2.24, 2.45) is 0 Å². The summed E-state index contributed by atoms with van der Waals surface area (Å²) < 4.78 is 54.6. The van der Waals surface area contributed by atoms with E-state index in [1.165, 1.54) is 12.1 Å². The molecule has 2 aromatic carbocycles. The number of hydrogen-bond donors (Lipinski definition) is 0. The third-order valence-corrected chi connectivity index (χ3v) is 10.2. The van der Waals surface area contributed by atoms with E-state index in [2.05, 4.69) is 11.7 Å². The number of unbranched alkanes of at least 4 members (excludes halogenated alkanes) is 4. The molecule has 8 heteroatoms. The van der Waals surface area contributed by atoms with Crippen molar-refractivity contribution in [3.63, 3.8) is 0 Å². The van der Waals surface area contributed by atoms with Gasteiger partial charge in [-0.3, -0.25) is 0 Å². The highest BCUT2D eigenvalue weighted by molar-refractivity contribution is 8.08. The maximum absolute atomic E-state index is 13.7. The maximum Gasteiger partial charge on any atom is 0.404 e. The zero-order valence-corrected chi connectivity index (χ0v) is 21.8. The van der Waals surface area contributed by atoms with Gasteiger partial charge in [-0.15, -0.1) is 0 Å². The Morgan fingerprint density at radius 2 is 1.33 bits per heavy atom. The number of rotatable bonds is 10. The number of aryl methyl sites for hydroxylation is 4. The summed E-state index contributed by atoms with van der Waals surface area (Å²) in [7, 11) is -8.47. The summed E-state index contributed by atoms with van der Waals surface area (Å²) in [6.45, 7) is 9.12. The Kier molecular flexibility index (Phi) is 9.18. The molecule has 0 aliphatic carbocycles. The minimum Gasteiger partial charge on any atom is -0.360 e. The first-order valence-electron chi connectivity index (χ1n) is 11.3. The zero-order chi connectivity index (χ0) is 24.8. The van der Waals surface area contributed by atoms with Gasteiger partial charge in [-0.2, -0.15) is 4.79 Å². The van der Waals surface area contributed by atoms with Crippen LogP contribution in [0.3, 0.4) is 0 Å². The van der Waals surface area contributed by atoms with Crippen LogP contribution in [0.15, 0.2) is 46.2 Å². The first-order chi connectivity index (χ1) is 15.5. The van der Waals surface area contributed by atoms with E-state index in [1.54, 1.807) is 38.1 Å². The van der Waals surface area contributed by atoms with Crippen LogP contribution in [0.2, 0.25) is 0 Å². The topological polar surface area (TPSA) is 105 Å². The van der Waals surface area contributed by atoms with Gasteiger partial charge in [0, 0.05) is 0 Å². The van der Waals surface area contributed by atoms with Crippen molar-refractivity contribution >= 4 is 24.7 Å². The fraction of sp³-hybridized carbons (Fsp3) is 0.480. The molecule has 0 N–H and O–H groups in total. The zero-order valence-electron chi connectivity index (χ0n) is 20.1. The molecule has 1 atom stereocenters. The molecule has 0 amide bonds. The lowest BCUT2D eigenvalue weighted by Crippen LogP contribution is -2.37. The Balaban J connectivity index is 2.61. The van der Waals surface area contributed by atoms with Gasteiger partial charge in [0.15, 0.2) is 15.1 Å². The molecule has 2 aromatic rings. The van der Waals surface area contributed by atoms with Crippen molar-refractivity contribution in [1.29, 1.82) is 0 Å². The largest absolute Gasteiger partial charge is 0.404 e. The van der Waals surface area contributed by atoms with Gasteiger partial charge in [-0.1, -0.05) is 74.4 Å². The van der Waals surface area contributed by atoms with Crippen LogP contribution >= 0.6 is 0 Å². The van der Waals surface area contributed by atoms with E-state index in [9.17, 15) is 22.4 Å². The van der Waals surface area contributed by atoms with Crippen molar-refractivity contribution in [3.05, 3.63) is 64.2 Å². The van der Waals surface area contributed by atoms with E-state index in [4.69, 9.17) is 0 Å². The molecule has 0 aromatic heterocycles. The average molecular weight is 491 g/mol. The fourth-order valence-corrected chi connectivity index (χ4v) is 8.27. The van der Waals surface area contributed by atoms with E-state index < -0.39 is 30.0 Å². The molecular formula is C25H34N2O4S2. The summed E-state index contributed by atoms with van der Waals surface area (Å²) in [6, 6.07) is 9.73. The van der Waals surface area contributed by atoms with Crippen LogP contribution in [0.5, 0.6) is 0 Å². The lowest BCUT2D eigenvalue weighted by atomic mass is 10.1. The van der Waals surface area contributed by atoms with E-state index >= 15 is 0 Å². The standard InChI is InChI=1S/C25H34N2O4S2/c1-6-7-8-9-10-11-24(32(28,29)22-14-12-18(2)16-20(22)4)25(27-26)33(30,31)23-15-13-19(3)17-21(23)5/h12-17,24H,6-11H2,1-5H3. The average Bonchev–Trinajstić information content (AvgIpc) is 2.72. The molecule has 0 heterocycles. The van der Waals surface area contributed by atoms with Gasteiger partial charge in [0.05, 0.1) is 9.79 Å². The summed E-state index contributed by atoms with van der Waals surface area (Å²) >= 11 is 0. The first-order valence-corrected chi connectivity index (χ1v) is 14.3. The van der Waals surface area contributed by atoms with Crippen LogP contribution in [-0.4, -0.2) is 31.9 Å². The third-order valence-electron chi connectivity index (χ3n) is 5.85. The Morgan fingerprint density at radius 3 is 1.82 bits per heavy atom. The van der Waals surface area contributed by atoms with Gasteiger partial charge in [-0.05, 0) is 57.4 Å². The predicted molar refractivity (Wildman–Crippen MR) is 132 cm³/mol. The van der Waals surface area contributed by atoms with Crippen LogP contribution in [0, 0.1) is 27.7 Å². The van der Waals surface area contributed by atoms with Gasteiger partial charge in [-0.25, -0.2) is 16.8 Å². The van der Waals surface area contributed by atoms with Crippen LogP contribution < -0.4 is 0 Å². The Labute approximate surface area is 198 Å². The highest BCUT2D eigenvalue weighted by Gasteiger charge is 2.46. The molecule has 0 radical (unpaired) electrons. The summed E-state index contributed by atoms with van der Waals surface area (Å²) in [5, 5.41) is -2.19. The maximum atomic E-state index is 13.7. The second-order valence-electron chi connectivity index (χ2n) is 8.72. The highest BCUT2D eigenvalue weighted by atomic mass is 32.2. The van der Waals surface area contributed by atoms with Crippen LogP contribution in [0.25, 0.3) is 5.53 Å². The number of benzene rings is 2. The Morgan fingerprint density at radius 1 is 0.818 bits per heavy atom. The van der Waals surface area contributed by atoms with E-state index in [-0.39, 0.29) is 16.2 Å². The molecule has 0 fully saturated rings. The molecular weight excluding hydrogens is 456 g/mol. The molecule has 0 aliphatic heterocycles. The summed E-state index contributed by atoms with van der Waals surface area (Å²) in [5.74, 6) is 0. The molecule has 0 bridgehead atoms. The summed E-state index contributed by atoms with van der Waals surface area (Å²) in [4.78, 5) is 3.11. The molecule has 0 spiro atoms. The minimum absolute atomic E-state index is 0.0484. The van der Waals surface area contributed by atoms with Gasteiger partial charge < -0.3 is 5.53 Å². The third kappa shape index (κ3) is 6.19. The first kappa shape index (κ1) is 27.0. The van der Waals surface area contributed by atoms with Crippen LogP contribution in [-0.2, 0) is 19.7 Å². The van der Waals surface area contributed by atoms with Crippen molar-refractivity contribution in [3.8, 4) is 0 Å². The number of sulfone groups is 2. The highest BCUT2D eigenvalue weighted by Crippen LogP contribution is 2.29. The van der Waals surface area contributed by atoms with E-state index in [1.807, 2.05) is 13.8 Å². The Hall–Kier alpha value is -2.28. The van der Waals surface area contributed by atoms with Gasteiger partial charge >= 0.3 is 5.04 Å². The monoisotopic (exact) mass is 490 g/mol. The van der Waals surface area contributed by atoms with Crippen molar-refractivity contribution in [2.75, 3.05) is 0 Å². The molecule has 1 unspecified atom stereocenters. The quantitative estimate of drug-likeness (QED) is 0.144. The summed E-state index contributed by atoms with van der Waals surface area (Å²) in [5.41, 5.74) is 12.6. The SMILES string of the molecule is CCCCCCCC(C(=[N+]=[N-])S(=O)(=O)c1ccc(C)cc1C)S(=O)(=O)c1ccc(C)cc1C. The van der Waals surface area contributed by atoms with Crippen molar-refractivity contribution in [1.82, 2.24) is 0 Å².